The first-order valence-electron chi connectivity index (χ1n) is 9.40. The first-order chi connectivity index (χ1) is 12.8. The van der Waals surface area contributed by atoms with Crippen LogP contribution in [0.5, 0.6) is 5.75 Å². The van der Waals surface area contributed by atoms with Gasteiger partial charge in [0.25, 0.3) is 0 Å². The van der Waals surface area contributed by atoms with E-state index in [9.17, 15) is 4.79 Å². The van der Waals surface area contributed by atoms with Gasteiger partial charge in [-0.15, -0.1) is 0 Å². The Labute approximate surface area is 154 Å². The number of ether oxygens (including phenoxy) is 1. The highest BCUT2D eigenvalue weighted by Crippen LogP contribution is 2.31. The number of nitrogens with zero attached hydrogens (tertiary/aromatic N) is 2. The third-order valence-corrected chi connectivity index (χ3v) is 4.80. The fourth-order valence-corrected chi connectivity index (χ4v) is 3.46. The Morgan fingerprint density at radius 2 is 1.92 bits per heavy atom. The van der Waals surface area contributed by atoms with Crippen molar-refractivity contribution < 1.29 is 14.6 Å². The number of rotatable bonds is 7. The zero-order valence-corrected chi connectivity index (χ0v) is 15.0. The van der Waals surface area contributed by atoms with E-state index in [1.165, 1.54) is 0 Å². The standard InChI is InChI=1S/C21H26N2O3/c24-16-7-2-1-4-10-18-14-13-17-9-8-15-22-20(17)23(18)21(25)26-19-11-5-3-6-12-19/h3,5-6,8-9,11-12,15,18,24H,1-2,4,7,10,13-14,16H2. The Morgan fingerprint density at radius 3 is 2.73 bits per heavy atom. The summed E-state index contributed by atoms with van der Waals surface area (Å²) in [6.45, 7) is 0.246. The number of anilines is 1. The number of unbranched alkanes of at least 4 members (excludes halogenated alkanes) is 3. The van der Waals surface area contributed by atoms with Crippen LogP contribution in [-0.2, 0) is 6.42 Å². The summed E-state index contributed by atoms with van der Waals surface area (Å²) in [5, 5.41) is 8.90. The molecular formula is C21H26N2O3. The number of hydrogen-bond acceptors (Lipinski definition) is 4. The maximum atomic E-state index is 12.9. The zero-order chi connectivity index (χ0) is 18.2. The van der Waals surface area contributed by atoms with Gasteiger partial charge in [0.1, 0.15) is 11.6 Å². The number of amides is 1. The maximum absolute atomic E-state index is 12.9. The van der Waals surface area contributed by atoms with Gasteiger partial charge in [-0.1, -0.05) is 43.5 Å². The SMILES string of the molecule is O=C(Oc1ccccc1)N1c2ncccc2CCC1CCCCCCO. The van der Waals surface area contributed by atoms with E-state index in [0.717, 1.165) is 56.3 Å². The van der Waals surface area contributed by atoms with Crippen LogP contribution in [0.3, 0.4) is 0 Å². The van der Waals surface area contributed by atoms with Crippen molar-refractivity contribution in [3.8, 4) is 5.75 Å². The van der Waals surface area contributed by atoms with E-state index in [1.54, 1.807) is 23.2 Å². The summed E-state index contributed by atoms with van der Waals surface area (Å²) >= 11 is 0. The number of aromatic nitrogens is 1. The molecule has 2 heterocycles. The van der Waals surface area contributed by atoms with Crippen molar-refractivity contribution >= 4 is 11.9 Å². The number of aryl methyl sites for hydroxylation is 1. The van der Waals surface area contributed by atoms with Gasteiger partial charge in [-0.3, -0.25) is 4.90 Å². The number of carbonyl (C=O) groups excluding carboxylic acids is 1. The fourth-order valence-electron chi connectivity index (χ4n) is 3.46. The summed E-state index contributed by atoms with van der Waals surface area (Å²) in [6, 6.07) is 13.2. The van der Waals surface area contributed by atoms with Crippen molar-refractivity contribution in [3.05, 3.63) is 54.2 Å². The minimum Gasteiger partial charge on any atom is -0.410 e. The van der Waals surface area contributed by atoms with Gasteiger partial charge in [0.05, 0.1) is 0 Å². The number of fused-ring (bicyclic) bond motifs is 1. The maximum Gasteiger partial charge on any atom is 0.421 e. The molecule has 26 heavy (non-hydrogen) atoms. The van der Waals surface area contributed by atoms with Crippen molar-refractivity contribution in [2.24, 2.45) is 0 Å². The lowest BCUT2D eigenvalue weighted by Crippen LogP contribution is -2.45. The van der Waals surface area contributed by atoms with E-state index in [0.29, 0.717) is 5.75 Å². The van der Waals surface area contributed by atoms with Gasteiger partial charge in [0.2, 0.25) is 0 Å². The summed E-state index contributed by atoms with van der Waals surface area (Å²) in [6.07, 6.45) is 8.09. The first-order valence-corrected chi connectivity index (χ1v) is 9.40. The molecule has 0 saturated heterocycles. The second-order valence-corrected chi connectivity index (χ2v) is 6.66. The molecule has 1 atom stereocenters. The number of aliphatic hydroxyl groups is 1. The molecule has 138 valence electrons. The van der Waals surface area contributed by atoms with Crippen molar-refractivity contribution in [2.45, 2.75) is 51.0 Å². The average Bonchev–Trinajstić information content (AvgIpc) is 2.68. The minimum absolute atomic E-state index is 0.0998. The molecule has 0 aliphatic carbocycles. The van der Waals surface area contributed by atoms with Crippen molar-refractivity contribution in [1.82, 2.24) is 4.98 Å². The third-order valence-electron chi connectivity index (χ3n) is 4.80. The van der Waals surface area contributed by atoms with E-state index in [4.69, 9.17) is 9.84 Å². The molecule has 1 N–H and O–H groups in total. The molecule has 1 amide bonds. The molecule has 1 aliphatic heterocycles. The molecule has 2 aromatic rings. The number of pyridine rings is 1. The molecule has 0 spiro atoms. The smallest absolute Gasteiger partial charge is 0.410 e. The molecule has 0 radical (unpaired) electrons. The van der Waals surface area contributed by atoms with Gasteiger partial charge in [-0.2, -0.15) is 0 Å². The molecule has 1 aromatic heterocycles. The summed E-state index contributed by atoms with van der Waals surface area (Å²) in [5.41, 5.74) is 1.09. The van der Waals surface area contributed by atoms with Crippen molar-refractivity contribution in [1.29, 1.82) is 0 Å². The largest absolute Gasteiger partial charge is 0.421 e. The van der Waals surface area contributed by atoms with Gasteiger partial charge in [-0.25, -0.2) is 9.78 Å². The Bertz CT molecular complexity index is 705. The Hall–Kier alpha value is -2.40. The van der Waals surface area contributed by atoms with Crippen LogP contribution in [0.4, 0.5) is 10.6 Å². The number of hydrogen-bond donors (Lipinski definition) is 1. The lowest BCUT2D eigenvalue weighted by Gasteiger charge is -2.35. The summed E-state index contributed by atoms with van der Waals surface area (Å²) in [7, 11) is 0. The van der Waals surface area contributed by atoms with Gasteiger partial charge in [-0.05, 0) is 49.4 Å². The van der Waals surface area contributed by atoms with Gasteiger partial charge in [0, 0.05) is 18.8 Å². The van der Waals surface area contributed by atoms with E-state index in [2.05, 4.69) is 4.98 Å². The lowest BCUT2D eigenvalue weighted by molar-refractivity contribution is 0.202. The Kier molecular flexibility index (Phi) is 6.61. The molecule has 5 heteroatoms. The Morgan fingerprint density at radius 1 is 1.12 bits per heavy atom. The second kappa shape index (κ2) is 9.34. The summed E-state index contributed by atoms with van der Waals surface area (Å²) in [5.74, 6) is 1.27. The van der Waals surface area contributed by atoms with Crippen LogP contribution in [0.25, 0.3) is 0 Å². The van der Waals surface area contributed by atoms with Crippen LogP contribution in [0, 0.1) is 0 Å². The van der Waals surface area contributed by atoms with Crippen LogP contribution >= 0.6 is 0 Å². The monoisotopic (exact) mass is 354 g/mol. The molecule has 1 aromatic carbocycles. The van der Waals surface area contributed by atoms with E-state index in [-0.39, 0.29) is 18.7 Å². The average molecular weight is 354 g/mol. The lowest BCUT2D eigenvalue weighted by atomic mass is 9.94. The molecule has 5 nitrogen and oxygen atoms in total. The highest BCUT2D eigenvalue weighted by Gasteiger charge is 2.33. The molecule has 3 rings (SSSR count). The molecule has 0 bridgehead atoms. The molecular weight excluding hydrogens is 328 g/mol. The van der Waals surface area contributed by atoms with Crippen LogP contribution in [0.15, 0.2) is 48.7 Å². The van der Waals surface area contributed by atoms with Gasteiger partial charge < -0.3 is 9.84 Å². The minimum atomic E-state index is -0.365. The van der Waals surface area contributed by atoms with Crippen LogP contribution in [0.2, 0.25) is 0 Å². The summed E-state index contributed by atoms with van der Waals surface area (Å²) in [4.78, 5) is 19.1. The molecule has 1 aliphatic rings. The molecule has 0 fully saturated rings. The predicted octanol–water partition coefficient (Wildman–Crippen LogP) is 4.34. The zero-order valence-electron chi connectivity index (χ0n) is 15.0. The van der Waals surface area contributed by atoms with Crippen LogP contribution in [-0.4, -0.2) is 28.8 Å². The number of aliphatic hydroxyl groups excluding tert-OH is 1. The normalized spacial score (nSPS) is 16.2. The van der Waals surface area contributed by atoms with Crippen molar-refractivity contribution in [2.75, 3.05) is 11.5 Å². The first kappa shape index (κ1) is 18.4. The van der Waals surface area contributed by atoms with E-state index in [1.807, 2.05) is 30.3 Å². The predicted molar refractivity (Wildman–Crippen MR) is 101 cm³/mol. The third kappa shape index (κ3) is 4.61. The van der Waals surface area contributed by atoms with Crippen molar-refractivity contribution in [3.63, 3.8) is 0 Å². The topological polar surface area (TPSA) is 62.7 Å². The van der Waals surface area contributed by atoms with Gasteiger partial charge in [0.15, 0.2) is 0 Å². The molecule has 1 unspecified atom stereocenters. The van der Waals surface area contributed by atoms with Gasteiger partial charge >= 0.3 is 6.09 Å². The Balaban J connectivity index is 1.72. The van der Waals surface area contributed by atoms with E-state index < -0.39 is 0 Å². The summed E-state index contributed by atoms with van der Waals surface area (Å²) < 4.78 is 5.60. The highest BCUT2D eigenvalue weighted by atomic mass is 16.6. The van der Waals surface area contributed by atoms with E-state index >= 15 is 0 Å². The second-order valence-electron chi connectivity index (χ2n) is 6.66. The fraction of sp³-hybridized carbons (Fsp3) is 0.429. The van der Waals surface area contributed by atoms with Crippen LogP contribution in [0.1, 0.15) is 44.1 Å². The highest BCUT2D eigenvalue weighted by molar-refractivity contribution is 5.90. The quantitative estimate of drug-likeness (QED) is 0.751. The molecule has 0 saturated carbocycles. The number of benzene rings is 1. The van der Waals surface area contributed by atoms with Crippen LogP contribution < -0.4 is 9.64 Å². The number of carbonyl (C=O) groups is 1. The number of para-hydroxylation sites is 1.